The van der Waals surface area contributed by atoms with Crippen LogP contribution in [0.3, 0.4) is 0 Å². The highest BCUT2D eigenvalue weighted by Gasteiger charge is 2.17. The summed E-state index contributed by atoms with van der Waals surface area (Å²) in [6.45, 7) is 2.91. The van der Waals surface area contributed by atoms with Crippen LogP contribution < -0.4 is 5.32 Å². The molecule has 0 spiro atoms. The lowest BCUT2D eigenvalue weighted by molar-refractivity contribution is 0.475. The summed E-state index contributed by atoms with van der Waals surface area (Å²) in [5.74, 6) is 0.887. The predicted octanol–water partition coefficient (Wildman–Crippen LogP) is 2.92. The molecule has 0 bridgehead atoms. The molecule has 4 nitrogen and oxygen atoms in total. The van der Waals surface area contributed by atoms with Gasteiger partial charge in [-0.3, -0.25) is 0 Å². The van der Waals surface area contributed by atoms with Gasteiger partial charge < -0.3 is 9.73 Å². The Bertz CT molecular complexity index is 630. The molecular formula is C15H15N3O. The van der Waals surface area contributed by atoms with E-state index in [1.807, 2.05) is 36.7 Å². The fraction of sp³-hybridized carbons (Fsp3) is 0.200. The third kappa shape index (κ3) is 2.35. The fourth-order valence-electron chi connectivity index (χ4n) is 2.19. The van der Waals surface area contributed by atoms with Crippen molar-refractivity contribution in [1.29, 1.82) is 0 Å². The molecule has 0 radical (unpaired) electrons. The minimum absolute atomic E-state index is 0.0152. The number of benzene rings is 1. The topological polar surface area (TPSA) is 51.0 Å². The number of fused-ring (bicyclic) bond motifs is 1. The van der Waals surface area contributed by atoms with Gasteiger partial charge in [0.05, 0.1) is 6.04 Å². The third-order valence-corrected chi connectivity index (χ3v) is 3.05. The van der Waals surface area contributed by atoms with Crippen LogP contribution in [0.5, 0.6) is 0 Å². The second kappa shape index (κ2) is 5.20. The number of rotatable bonds is 4. The van der Waals surface area contributed by atoms with E-state index >= 15 is 0 Å². The maximum Gasteiger partial charge on any atom is 0.134 e. The zero-order chi connectivity index (χ0) is 13.1. The van der Waals surface area contributed by atoms with Crippen molar-refractivity contribution in [2.75, 3.05) is 6.54 Å². The first-order valence-electron chi connectivity index (χ1n) is 6.35. The minimum atomic E-state index is -0.0152. The predicted molar refractivity (Wildman–Crippen MR) is 73.8 cm³/mol. The van der Waals surface area contributed by atoms with Gasteiger partial charge in [0.1, 0.15) is 17.7 Å². The summed E-state index contributed by atoms with van der Waals surface area (Å²) in [7, 11) is 0. The van der Waals surface area contributed by atoms with Gasteiger partial charge in [0.15, 0.2) is 0 Å². The number of hydrogen-bond acceptors (Lipinski definition) is 4. The molecule has 1 unspecified atom stereocenters. The van der Waals surface area contributed by atoms with Crippen molar-refractivity contribution in [3.05, 3.63) is 60.4 Å². The van der Waals surface area contributed by atoms with Gasteiger partial charge in [0.2, 0.25) is 0 Å². The zero-order valence-electron chi connectivity index (χ0n) is 10.7. The van der Waals surface area contributed by atoms with E-state index in [1.54, 1.807) is 0 Å². The maximum absolute atomic E-state index is 5.92. The van der Waals surface area contributed by atoms with E-state index in [-0.39, 0.29) is 6.04 Å². The van der Waals surface area contributed by atoms with Crippen LogP contribution in [0.25, 0.3) is 11.0 Å². The van der Waals surface area contributed by atoms with Crippen LogP contribution in [0.2, 0.25) is 0 Å². The summed E-state index contributed by atoms with van der Waals surface area (Å²) in [4.78, 5) is 8.15. The molecule has 96 valence electrons. The lowest BCUT2D eigenvalue weighted by atomic mass is 10.1. The molecule has 0 aliphatic rings. The van der Waals surface area contributed by atoms with Gasteiger partial charge in [-0.2, -0.15) is 0 Å². The smallest absolute Gasteiger partial charge is 0.134 e. The Morgan fingerprint density at radius 3 is 2.74 bits per heavy atom. The van der Waals surface area contributed by atoms with Crippen molar-refractivity contribution in [1.82, 2.24) is 15.3 Å². The molecule has 0 amide bonds. The normalized spacial score (nSPS) is 12.7. The second-order valence-electron chi connectivity index (χ2n) is 4.35. The molecular weight excluding hydrogens is 238 g/mol. The van der Waals surface area contributed by atoms with E-state index < -0.39 is 0 Å². The van der Waals surface area contributed by atoms with E-state index in [2.05, 4.69) is 28.3 Å². The van der Waals surface area contributed by atoms with Crippen molar-refractivity contribution in [2.45, 2.75) is 13.0 Å². The van der Waals surface area contributed by atoms with Crippen LogP contribution in [0.1, 0.15) is 24.3 Å². The molecule has 0 aliphatic heterocycles. The molecule has 1 atom stereocenters. The second-order valence-corrected chi connectivity index (χ2v) is 4.35. The third-order valence-electron chi connectivity index (χ3n) is 3.05. The van der Waals surface area contributed by atoms with Crippen molar-refractivity contribution in [2.24, 2.45) is 0 Å². The molecule has 0 fully saturated rings. The summed E-state index contributed by atoms with van der Waals surface area (Å²) in [5.41, 5.74) is 1.90. The lowest BCUT2D eigenvalue weighted by Crippen LogP contribution is -2.21. The van der Waals surface area contributed by atoms with Crippen molar-refractivity contribution >= 4 is 11.0 Å². The highest BCUT2D eigenvalue weighted by molar-refractivity contribution is 5.77. The SMILES string of the molecule is CCNC(c1cncnc1)c1cc2ccccc2o1. The van der Waals surface area contributed by atoms with Crippen LogP contribution in [-0.4, -0.2) is 16.5 Å². The van der Waals surface area contributed by atoms with E-state index in [0.717, 1.165) is 28.8 Å². The molecule has 1 aromatic carbocycles. The Balaban J connectivity index is 2.04. The van der Waals surface area contributed by atoms with Gasteiger partial charge in [-0.1, -0.05) is 25.1 Å². The van der Waals surface area contributed by atoms with Crippen LogP contribution in [0, 0.1) is 0 Å². The molecule has 0 saturated carbocycles. The molecule has 4 heteroatoms. The number of nitrogens with one attached hydrogen (secondary N) is 1. The van der Waals surface area contributed by atoms with Crippen molar-refractivity contribution in [3.8, 4) is 0 Å². The number of furan rings is 1. The summed E-state index contributed by atoms with van der Waals surface area (Å²) in [6.07, 6.45) is 5.16. The van der Waals surface area contributed by atoms with Gasteiger partial charge in [-0.15, -0.1) is 0 Å². The monoisotopic (exact) mass is 253 g/mol. The molecule has 0 aliphatic carbocycles. The van der Waals surface area contributed by atoms with Gasteiger partial charge in [-0.25, -0.2) is 9.97 Å². The fourth-order valence-corrected chi connectivity index (χ4v) is 2.19. The standard InChI is InChI=1S/C15H15N3O/c1-2-18-15(12-8-16-10-17-9-12)14-7-11-5-3-4-6-13(11)19-14/h3-10,15,18H,2H2,1H3. The van der Waals surface area contributed by atoms with Crippen LogP contribution in [0.15, 0.2) is 53.5 Å². The highest BCUT2D eigenvalue weighted by atomic mass is 16.3. The van der Waals surface area contributed by atoms with Crippen LogP contribution in [-0.2, 0) is 0 Å². The van der Waals surface area contributed by atoms with Crippen molar-refractivity contribution < 1.29 is 4.42 Å². The van der Waals surface area contributed by atoms with E-state index in [0.29, 0.717) is 0 Å². The summed E-state index contributed by atoms with van der Waals surface area (Å²) >= 11 is 0. The molecule has 0 saturated heterocycles. The van der Waals surface area contributed by atoms with E-state index in [9.17, 15) is 0 Å². The minimum Gasteiger partial charge on any atom is -0.459 e. The first-order valence-corrected chi connectivity index (χ1v) is 6.35. The Hall–Kier alpha value is -2.20. The average Bonchev–Trinajstić information content (AvgIpc) is 2.89. The van der Waals surface area contributed by atoms with E-state index in [1.165, 1.54) is 6.33 Å². The largest absolute Gasteiger partial charge is 0.459 e. The molecule has 1 N–H and O–H groups in total. The Labute approximate surface area is 111 Å². The first-order chi connectivity index (χ1) is 9.38. The average molecular weight is 253 g/mol. The molecule has 2 heterocycles. The molecule has 3 aromatic rings. The molecule has 2 aromatic heterocycles. The van der Waals surface area contributed by atoms with Crippen LogP contribution in [0.4, 0.5) is 0 Å². The highest BCUT2D eigenvalue weighted by Crippen LogP contribution is 2.27. The molecule has 3 rings (SSSR count). The van der Waals surface area contributed by atoms with Crippen LogP contribution >= 0.6 is 0 Å². The van der Waals surface area contributed by atoms with Gasteiger partial charge >= 0.3 is 0 Å². The van der Waals surface area contributed by atoms with E-state index in [4.69, 9.17) is 4.42 Å². The van der Waals surface area contributed by atoms with Gasteiger partial charge in [0.25, 0.3) is 0 Å². The number of hydrogen-bond donors (Lipinski definition) is 1. The Kier molecular flexibility index (Phi) is 3.25. The summed E-state index contributed by atoms with van der Waals surface area (Å²) in [5, 5.41) is 4.51. The summed E-state index contributed by atoms with van der Waals surface area (Å²) < 4.78 is 5.92. The van der Waals surface area contributed by atoms with Gasteiger partial charge in [0, 0.05) is 23.3 Å². The van der Waals surface area contributed by atoms with Gasteiger partial charge in [-0.05, 0) is 18.7 Å². The Morgan fingerprint density at radius 2 is 2.00 bits per heavy atom. The first kappa shape index (κ1) is 11.9. The quantitative estimate of drug-likeness (QED) is 0.776. The Morgan fingerprint density at radius 1 is 1.21 bits per heavy atom. The maximum atomic E-state index is 5.92. The lowest BCUT2D eigenvalue weighted by Gasteiger charge is -2.14. The summed E-state index contributed by atoms with van der Waals surface area (Å²) in [6, 6.07) is 10.1. The molecule has 19 heavy (non-hydrogen) atoms. The van der Waals surface area contributed by atoms with Crippen molar-refractivity contribution in [3.63, 3.8) is 0 Å². The number of aromatic nitrogens is 2. The number of nitrogens with zero attached hydrogens (tertiary/aromatic N) is 2. The number of para-hydroxylation sites is 1. The zero-order valence-corrected chi connectivity index (χ0v) is 10.7.